The molecular weight excluding hydrogens is 292 g/mol. The van der Waals surface area contributed by atoms with E-state index in [2.05, 4.69) is 0 Å². The highest BCUT2D eigenvalue weighted by Gasteiger charge is 2.44. The number of ether oxygens (including phenoxy) is 1. The molecule has 3 rings (SSSR count). The molecule has 108 valence electrons. The maximum absolute atomic E-state index is 12.4. The van der Waals surface area contributed by atoms with Gasteiger partial charge in [0.1, 0.15) is 5.78 Å². The molecular formula is C16H19ClO2S. The average molecular weight is 311 g/mol. The number of ketones is 1. The minimum absolute atomic E-state index is 0.0492. The van der Waals surface area contributed by atoms with Crippen LogP contribution in [0.3, 0.4) is 0 Å². The van der Waals surface area contributed by atoms with Crippen LogP contribution >= 0.6 is 23.4 Å². The number of hydrogen-bond acceptors (Lipinski definition) is 3. The lowest BCUT2D eigenvalue weighted by Crippen LogP contribution is -2.47. The van der Waals surface area contributed by atoms with Crippen LogP contribution in [0.2, 0.25) is 5.02 Å². The third-order valence-electron chi connectivity index (χ3n) is 4.42. The third kappa shape index (κ3) is 3.05. The number of thioether (sulfide) groups is 1. The van der Waals surface area contributed by atoms with Crippen LogP contribution in [0.5, 0.6) is 0 Å². The van der Waals surface area contributed by atoms with Gasteiger partial charge < -0.3 is 4.74 Å². The van der Waals surface area contributed by atoms with Gasteiger partial charge in [0.15, 0.2) is 0 Å². The number of rotatable bonds is 4. The van der Waals surface area contributed by atoms with Crippen molar-refractivity contribution < 1.29 is 9.53 Å². The number of hydrogen-bond donors (Lipinski definition) is 0. The van der Waals surface area contributed by atoms with E-state index in [0.717, 1.165) is 42.2 Å². The molecule has 1 heterocycles. The van der Waals surface area contributed by atoms with Crippen LogP contribution in [0.25, 0.3) is 0 Å². The number of Topliss-reactive ketones (excluding diaryl/α,β-unsaturated/α-hetero) is 1. The molecule has 0 aromatic heterocycles. The Bertz CT molecular complexity index is 499. The maximum Gasteiger partial charge on any atom is 0.146 e. The van der Waals surface area contributed by atoms with Crippen LogP contribution in [0.4, 0.5) is 0 Å². The summed E-state index contributed by atoms with van der Waals surface area (Å²) in [7, 11) is 0. The fraction of sp³-hybridized carbons (Fsp3) is 0.562. The van der Waals surface area contributed by atoms with Crippen LogP contribution in [0, 0.1) is 5.92 Å². The Morgan fingerprint density at radius 2 is 2.20 bits per heavy atom. The van der Waals surface area contributed by atoms with Gasteiger partial charge in [0, 0.05) is 17.4 Å². The van der Waals surface area contributed by atoms with E-state index in [-0.39, 0.29) is 11.5 Å². The van der Waals surface area contributed by atoms with Crippen molar-refractivity contribution in [3.8, 4) is 0 Å². The van der Waals surface area contributed by atoms with Gasteiger partial charge in [0.2, 0.25) is 0 Å². The summed E-state index contributed by atoms with van der Waals surface area (Å²) in [6, 6.07) is 7.70. The topological polar surface area (TPSA) is 26.3 Å². The van der Waals surface area contributed by atoms with Gasteiger partial charge >= 0.3 is 0 Å². The van der Waals surface area contributed by atoms with Crippen LogP contribution < -0.4 is 0 Å². The highest BCUT2D eigenvalue weighted by atomic mass is 35.5. The number of halogens is 1. The SMILES string of the molecule is O=C(CSc1ccccc1Cl)C1CCOC2(CCC2)C1. The molecule has 1 saturated heterocycles. The average Bonchev–Trinajstić information content (AvgIpc) is 2.44. The van der Waals surface area contributed by atoms with Gasteiger partial charge in [-0.3, -0.25) is 4.79 Å². The Balaban J connectivity index is 1.55. The summed E-state index contributed by atoms with van der Waals surface area (Å²) in [5, 5.41) is 0.729. The summed E-state index contributed by atoms with van der Waals surface area (Å²) in [5.41, 5.74) is 0.0492. The first-order chi connectivity index (χ1) is 9.69. The summed E-state index contributed by atoms with van der Waals surface area (Å²) in [6.07, 6.45) is 5.32. The van der Waals surface area contributed by atoms with E-state index in [1.807, 2.05) is 24.3 Å². The molecule has 0 bridgehead atoms. The zero-order chi connectivity index (χ0) is 14.0. The van der Waals surface area contributed by atoms with Crippen molar-refractivity contribution in [2.45, 2.75) is 42.6 Å². The quantitative estimate of drug-likeness (QED) is 0.773. The monoisotopic (exact) mass is 310 g/mol. The molecule has 0 amide bonds. The molecule has 1 aliphatic carbocycles. The van der Waals surface area contributed by atoms with Crippen molar-refractivity contribution in [2.24, 2.45) is 5.92 Å². The van der Waals surface area contributed by atoms with Crippen molar-refractivity contribution >= 4 is 29.1 Å². The highest BCUT2D eigenvalue weighted by Crippen LogP contribution is 2.44. The largest absolute Gasteiger partial charge is 0.375 e. The first-order valence-corrected chi connectivity index (χ1v) is 8.59. The van der Waals surface area contributed by atoms with Crippen molar-refractivity contribution in [1.82, 2.24) is 0 Å². The Kier molecular flexibility index (Phi) is 4.39. The van der Waals surface area contributed by atoms with E-state index in [1.54, 1.807) is 11.8 Å². The van der Waals surface area contributed by atoms with Crippen LogP contribution in [-0.2, 0) is 9.53 Å². The van der Waals surface area contributed by atoms with Gasteiger partial charge in [-0.15, -0.1) is 11.8 Å². The van der Waals surface area contributed by atoms with Crippen molar-refractivity contribution in [3.05, 3.63) is 29.3 Å². The standard InChI is InChI=1S/C16H19ClO2S/c17-13-4-1-2-5-15(13)20-11-14(18)12-6-9-19-16(10-12)7-3-8-16/h1-2,4-5,12H,3,6-11H2. The highest BCUT2D eigenvalue weighted by molar-refractivity contribution is 8.00. The van der Waals surface area contributed by atoms with Crippen LogP contribution in [0.1, 0.15) is 32.1 Å². The molecule has 2 aliphatic rings. The molecule has 1 spiro atoms. The summed E-state index contributed by atoms with van der Waals surface area (Å²) in [4.78, 5) is 13.4. The predicted octanol–water partition coefficient (Wildman–Crippen LogP) is 4.35. The molecule has 1 atom stereocenters. The summed E-state index contributed by atoms with van der Waals surface area (Å²) in [5.74, 6) is 1.05. The Labute approximate surface area is 129 Å². The van der Waals surface area contributed by atoms with Crippen LogP contribution in [0.15, 0.2) is 29.2 Å². The molecule has 20 heavy (non-hydrogen) atoms. The van der Waals surface area contributed by atoms with Gasteiger partial charge in [-0.2, -0.15) is 0 Å². The summed E-state index contributed by atoms with van der Waals surface area (Å²) < 4.78 is 5.88. The van der Waals surface area contributed by atoms with E-state index < -0.39 is 0 Å². The third-order valence-corrected chi connectivity index (χ3v) is 5.96. The molecule has 0 N–H and O–H groups in total. The predicted molar refractivity (Wildman–Crippen MR) is 82.4 cm³/mol. The lowest BCUT2D eigenvalue weighted by atomic mass is 9.71. The number of benzene rings is 1. The van der Waals surface area contributed by atoms with Gasteiger partial charge in [-0.05, 0) is 44.2 Å². The minimum Gasteiger partial charge on any atom is -0.375 e. The van der Waals surface area contributed by atoms with E-state index in [4.69, 9.17) is 16.3 Å². The second kappa shape index (κ2) is 6.08. The second-order valence-electron chi connectivity index (χ2n) is 5.76. The first kappa shape index (κ1) is 14.4. The molecule has 2 nitrogen and oxygen atoms in total. The summed E-state index contributed by atoms with van der Waals surface area (Å²) in [6.45, 7) is 0.743. The Morgan fingerprint density at radius 1 is 1.40 bits per heavy atom. The molecule has 1 aliphatic heterocycles. The van der Waals surface area contributed by atoms with Gasteiger partial charge in [0.05, 0.1) is 16.4 Å². The van der Waals surface area contributed by atoms with Gasteiger partial charge in [0.25, 0.3) is 0 Å². The Morgan fingerprint density at radius 3 is 2.90 bits per heavy atom. The molecule has 1 saturated carbocycles. The van der Waals surface area contributed by atoms with Crippen LogP contribution in [-0.4, -0.2) is 23.7 Å². The summed E-state index contributed by atoms with van der Waals surface area (Å²) >= 11 is 7.67. The molecule has 4 heteroatoms. The maximum atomic E-state index is 12.4. The van der Waals surface area contributed by atoms with Gasteiger partial charge in [-0.25, -0.2) is 0 Å². The van der Waals surface area contributed by atoms with Gasteiger partial charge in [-0.1, -0.05) is 23.7 Å². The lowest BCUT2D eigenvalue weighted by molar-refractivity contribution is -0.154. The van der Waals surface area contributed by atoms with E-state index in [1.165, 1.54) is 6.42 Å². The zero-order valence-electron chi connectivity index (χ0n) is 11.4. The van der Waals surface area contributed by atoms with Crippen molar-refractivity contribution in [2.75, 3.05) is 12.4 Å². The van der Waals surface area contributed by atoms with Crippen molar-refractivity contribution in [3.63, 3.8) is 0 Å². The van der Waals surface area contributed by atoms with E-state index in [9.17, 15) is 4.79 Å². The molecule has 1 aromatic carbocycles. The second-order valence-corrected chi connectivity index (χ2v) is 7.18. The Hall–Kier alpha value is -0.510. The normalized spacial score (nSPS) is 24.4. The van der Waals surface area contributed by atoms with E-state index >= 15 is 0 Å². The first-order valence-electron chi connectivity index (χ1n) is 7.23. The number of carbonyl (C=O) groups is 1. The zero-order valence-corrected chi connectivity index (χ0v) is 13.0. The fourth-order valence-electron chi connectivity index (χ4n) is 3.05. The van der Waals surface area contributed by atoms with Crippen molar-refractivity contribution in [1.29, 1.82) is 0 Å². The molecule has 1 aromatic rings. The smallest absolute Gasteiger partial charge is 0.146 e. The molecule has 1 unspecified atom stereocenters. The molecule has 2 fully saturated rings. The minimum atomic E-state index is 0.0492. The van der Waals surface area contributed by atoms with E-state index in [0.29, 0.717) is 11.5 Å². The fourth-order valence-corrected chi connectivity index (χ4v) is 4.26. The lowest BCUT2D eigenvalue weighted by Gasteiger charge is -2.46. The number of carbonyl (C=O) groups excluding carboxylic acids is 1. The molecule has 0 radical (unpaired) electrons.